The Labute approximate surface area is 131 Å². The number of nitrogen functional groups attached to an aromatic ring is 1. The van der Waals surface area contributed by atoms with Gasteiger partial charge in [-0.15, -0.1) is 0 Å². The fourth-order valence-electron chi connectivity index (χ4n) is 2.83. The molecule has 118 valence electrons. The minimum atomic E-state index is -3.49. The molecule has 0 aliphatic heterocycles. The molecule has 1 aromatic rings. The zero-order valence-electron chi connectivity index (χ0n) is 12.6. The molecule has 3 N–H and O–H groups in total. The van der Waals surface area contributed by atoms with Crippen molar-refractivity contribution in [3.63, 3.8) is 0 Å². The van der Waals surface area contributed by atoms with Crippen LogP contribution in [0.25, 0.3) is 0 Å². The zero-order valence-corrected chi connectivity index (χ0v) is 14.3. The minimum absolute atomic E-state index is 0.0465. The Hall–Kier alpha value is -0.720. The van der Waals surface area contributed by atoms with Gasteiger partial charge in [0, 0.05) is 17.0 Å². The summed E-state index contributed by atoms with van der Waals surface area (Å²) in [5.41, 5.74) is 7.05. The highest BCUT2D eigenvalue weighted by Crippen LogP contribution is 2.31. The van der Waals surface area contributed by atoms with Crippen molar-refractivity contribution < 1.29 is 8.42 Å². The van der Waals surface area contributed by atoms with Crippen molar-refractivity contribution in [1.29, 1.82) is 0 Å². The molecule has 0 amide bonds. The van der Waals surface area contributed by atoms with Crippen molar-refractivity contribution in [3.05, 3.63) is 23.8 Å². The number of nitrogens with two attached hydrogens (primary N) is 1. The molecule has 0 radical (unpaired) electrons. The number of nitrogens with one attached hydrogen (secondary N) is 1. The second kappa shape index (κ2) is 7.03. The van der Waals surface area contributed by atoms with Crippen molar-refractivity contribution in [2.45, 2.75) is 55.7 Å². The number of hydrogen-bond acceptors (Lipinski definition) is 4. The number of benzene rings is 1. The highest BCUT2D eigenvalue weighted by Gasteiger charge is 2.29. The first-order valence-corrected chi connectivity index (χ1v) is 10.0. The Morgan fingerprint density at radius 1 is 1.33 bits per heavy atom. The van der Waals surface area contributed by atoms with Crippen molar-refractivity contribution in [1.82, 2.24) is 4.72 Å². The van der Waals surface area contributed by atoms with E-state index >= 15 is 0 Å². The van der Waals surface area contributed by atoms with E-state index < -0.39 is 10.0 Å². The number of rotatable bonds is 6. The molecular weight excluding hydrogens is 304 g/mol. The van der Waals surface area contributed by atoms with Crippen LogP contribution in [0, 0.1) is 0 Å². The van der Waals surface area contributed by atoms with Gasteiger partial charge in [-0.1, -0.05) is 19.9 Å². The summed E-state index contributed by atoms with van der Waals surface area (Å²) in [5, 5.41) is 0.578. The van der Waals surface area contributed by atoms with Crippen LogP contribution in [0.2, 0.25) is 0 Å². The van der Waals surface area contributed by atoms with E-state index in [-0.39, 0.29) is 6.04 Å². The summed E-state index contributed by atoms with van der Waals surface area (Å²) >= 11 is 1.92. The van der Waals surface area contributed by atoms with Crippen LogP contribution >= 0.6 is 11.8 Å². The summed E-state index contributed by atoms with van der Waals surface area (Å²) in [7, 11) is -3.49. The molecular formula is C15H24N2O2S2. The van der Waals surface area contributed by atoms with Gasteiger partial charge in [0.05, 0.1) is 4.90 Å². The van der Waals surface area contributed by atoms with E-state index in [4.69, 9.17) is 5.73 Å². The second-order valence-corrected chi connectivity index (χ2v) is 8.69. The molecule has 0 aromatic heterocycles. The molecule has 21 heavy (non-hydrogen) atoms. The maximum atomic E-state index is 12.6. The first kappa shape index (κ1) is 16.6. The summed E-state index contributed by atoms with van der Waals surface area (Å²) < 4.78 is 28.1. The fraction of sp³-hybridized carbons (Fsp3) is 0.600. The minimum Gasteiger partial charge on any atom is -0.399 e. The van der Waals surface area contributed by atoms with Gasteiger partial charge in [0.2, 0.25) is 10.0 Å². The molecule has 1 saturated carbocycles. The molecule has 2 unspecified atom stereocenters. The van der Waals surface area contributed by atoms with Gasteiger partial charge in [-0.25, -0.2) is 13.1 Å². The van der Waals surface area contributed by atoms with Gasteiger partial charge in [-0.3, -0.25) is 0 Å². The van der Waals surface area contributed by atoms with Gasteiger partial charge in [0.25, 0.3) is 0 Å². The average Bonchev–Trinajstić information content (AvgIpc) is 2.86. The molecule has 1 aromatic carbocycles. The van der Waals surface area contributed by atoms with Crippen LogP contribution in [0.5, 0.6) is 0 Å². The smallest absolute Gasteiger partial charge is 0.241 e. The van der Waals surface area contributed by atoms with E-state index in [9.17, 15) is 8.42 Å². The van der Waals surface area contributed by atoms with Crippen LogP contribution in [0.15, 0.2) is 23.1 Å². The number of anilines is 1. The molecule has 0 spiro atoms. The van der Waals surface area contributed by atoms with Crippen LogP contribution in [-0.2, 0) is 16.4 Å². The van der Waals surface area contributed by atoms with Crippen LogP contribution in [0.4, 0.5) is 5.69 Å². The van der Waals surface area contributed by atoms with Gasteiger partial charge in [0.1, 0.15) is 0 Å². The predicted octanol–water partition coefficient (Wildman–Crippen LogP) is 2.78. The van der Waals surface area contributed by atoms with Crippen LogP contribution in [0.1, 0.15) is 38.7 Å². The fourth-order valence-corrected chi connectivity index (χ4v) is 5.60. The predicted molar refractivity (Wildman–Crippen MR) is 90.1 cm³/mol. The standard InChI is InChI=1S/C15H24N2O2S2/c1-3-11-5-6-12(16)9-15(11)21(18,19)17-13-7-8-14(10-13)20-4-2/h5-6,9,13-14,17H,3-4,7-8,10,16H2,1-2H3. The van der Waals surface area contributed by atoms with Gasteiger partial charge in [-0.2, -0.15) is 11.8 Å². The number of sulfonamides is 1. The normalized spacial score (nSPS) is 22.6. The molecule has 0 saturated heterocycles. The van der Waals surface area contributed by atoms with E-state index in [1.165, 1.54) is 0 Å². The lowest BCUT2D eigenvalue weighted by atomic mass is 10.1. The van der Waals surface area contributed by atoms with Gasteiger partial charge < -0.3 is 5.73 Å². The van der Waals surface area contributed by atoms with Gasteiger partial charge in [0.15, 0.2) is 0 Å². The van der Waals surface area contributed by atoms with Crippen LogP contribution in [-0.4, -0.2) is 25.5 Å². The molecule has 6 heteroatoms. The number of aryl methyl sites for hydroxylation is 1. The van der Waals surface area contributed by atoms with Crippen molar-refractivity contribution in [3.8, 4) is 0 Å². The third-order valence-electron chi connectivity index (χ3n) is 3.87. The highest BCUT2D eigenvalue weighted by molar-refractivity contribution is 7.99. The molecule has 2 atom stereocenters. The van der Waals surface area contributed by atoms with Crippen molar-refractivity contribution in [2.24, 2.45) is 0 Å². The van der Waals surface area contributed by atoms with Crippen LogP contribution in [0.3, 0.4) is 0 Å². The van der Waals surface area contributed by atoms with E-state index in [2.05, 4.69) is 11.6 Å². The number of hydrogen-bond donors (Lipinski definition) is 2. The lowest BCUT2D eigenvalue weighted by Crippen LogP contribution is -2.33. The molecule has 0 heterocycles. The average molecular weight is 329 g/mol. The maximum absolute atomic E-state index is 12.6. The van der Waals surface area contributed by atoms with Crippen molar-refractivity contribution in [2.75, 3.05) is 11.5 Å². The van der Waals surface area contributed by atoms with E-state index in [0.717, 1.165) is 30.6 Å². The summed E-state index contributed by atoms with van der Waals surface area (Å²) in [6.07, 6.45) is 3.60. The van der Waals surface area contributed by atoms with Gasteiger partial charge >= 0.3 is 0 Å². The van der Waals surface area contributed by atoms with Crippen LogP contribution < -0.4 is 10.5 Å². The zero-order chi connectivity index (χ0) is 15.5. The van der Waals surface area contributed by atoms with E-state index in [0.29, 0.717) is 22.3 Å². The largest absolute Gasteiger partial charge is 0.399 e. The molecule has 0 bridgehead atoms. The molecule has 4 nitrogen and oxygen atoms in total. The molecule has 1 aliphatic carbocycles. The highest BCUT2D eigenvalue weighted by atomic mass is 32.2. The number of thioether (sulfide) groups is 1. The lowest BCUT2D eigenvalue weighted by molar-refractivity contribution is 0.551. The molecule has 1 fully saturated rings. The Morgan fingerprint density at radius 3 is 2.76 bits per heavy atom. The van der Waals surface area contributed by atoms with E-state index in [1.807, 2.05) is 18.7 Å². The SMILES string of the molecule is CCSC1CCC(NS(=O)(=O)c2cc(N)ccc2CC)C1. The van der Waals surface area contributed by atoms with Gasteiger partial charge in [-0.05, 0) is 49.1 Å². The van der Waals surface area contributed by atoms with Crippen molar-refractivity contribution >= 4 is 27.5 Å². The Balaban J connectivity index is 2.14. The Bertz CT molecular complexity index is 587. The quantitative estimate of drug-likeness (QED) is 0.788. The molecule has 2 rings (SSSR count). The third-order valence-corrected chi connectivity index (χ3v) is 6.71. The Kier molecular flexibility index (Phi) is 5.57. The third kappa shape index (κ3) is 4.14. The summed E-state index contributed by atoms with van der Waals surface area (Å²) in [5.74, 6) is 1.08. The topological polar surface area (TPSA) is 72.2 Å². The Morgan fingerprint density at radius 2 is 2.10 bits per heavy atom. The summed E-state index contributed by atoms with van der Waals surface area (Å²) in [6, 6.07) is 5.16. The monoisotopic (exact) mass is 328 g/mol. The first-order chi connectivity index (χ1) is 9.96. The first-order valence-electron chi connectivity index (χ1n) is 7.48. The molecule has 1 aliphatic rings. The summed E-state index contributed by atoms with van der Waals surface area (Å²) in [6.45, 7) is 4.09. The maximum Gasteiger partial charge on any atom is 0.241 e. The second-order valence-electron chi connectivity index (χ2n) is 5.43. The summed E-state index contributed by atoms with van der Waals surface area (Å²) in [4.78, 5) is 0.330. The lowest BCUT2D eigenvalue weighted by Gasteiger charge is -2.16. The van der Waals surface area contributed by atoms with E-state index in [1.54, 1.807) is 18.2 Å².